The van der Waals surface area contributed by atoms with Gasteiger partial charge in [-0.3, -0.25) is 4.98 Å². The largest absolute Gasteiger partial charge is 0.416 e. The van der Waals surface area contributed by atoms with Crippen LogP contribution >= 0.6 is 0 Å². The molecule has 3 aliphatic carbocycles. The third kappa shape index (κ3) is 4.96. The van der Waals surface area contributed by atoms with Crippen LogP contribution in [0, 0.1) is 5.41 Å². The van der Waals surface area contributed by atoms with Gasteiger partial charge in [0.15, 0.2) is 0 Å². The highest BCUT2D eigenvalue weighted by molar-refractivity contribution is 5.51. The monoisotopic (exact) mass is 501 g/mol. The van der Waals surface area contributed by atoms with Gasteiger partial charge < -0.3 is 10.2 Å². The summed E-state index contributed by atoms with van der Waals surface area (Å²) in [7, 11) is 0. The predicted octanol–water partition coefficient (Wildman–Crippen LogP) is 7.89. The Hall–Kier alpha value is -1.92. The third-order valence-electron chi connectivity index (χ3n) is 8.73. The average Bonchev–Trinajstić information content (AvgIpc) is 3.37. The van der Waals surface area contributed by atoms with Crippen molar-refractivity contribution in [2.45, 2.75) is 115 Å². The van der Waals surface area contributed by atoms with Crippen molar-refractivity contribution in [3.63, 3.8) is 0 Å². The molecule has 1 unspecified atom stereocenters. The van der Waals surface area contributed by atoms with E-state index in [2.05, 4.69) is 13.8 Å². The van der Waals surface area contributed by atoms with Gasteiger partial charge in [-0.2, -0.15) is 13.2 Å². The molecule has 0 bridgehead atoms. The normalized spacial score (nSPS) is 24.0. The average molecular weight is 502 g/mol. The number of hydrogen-bond donors (Lipinski definition) is 2. The van der Waals surface area contributed by atoms with Gasteiger partial charge in [0.25, 0.3) is 0 Å². The second-order valence-corrected chi connectivity index (χ2v) is 12.1. The van der Waals surface area contributed by atoms with E-state index in [1.54, 1.807) is 0 Å². The Balaban J connectivity index is 1.71. The van der Waals surface area contributed by atoms with Crippen LogP contribution in [0.5, 0.6) is 0 Å². The van der Waals surface area contributed by atoms with Gasteiger partial charge in [0.2, 0.25) is 0 Å². The zero-order valence-corrected chi connectivity index (χ0v) is 21.4. The first-order valence-corrected chi connectivity index (χ1v) is 13.6. The first-order chi connectivity index (χ1) is 17.0. The molecule has 2 fully saturated rings. The standard InChI is InChI=1S/C30H38F3NO2/c1-29(2)16-22-25(23(35)17-29)24(18-8-4-3-5-9-18)26(27(34-22)19-10-6-7-11-19)28(36)20-12-14-21(15-13-20)30(31,32)33/h12-15,18-19,23,28,35-36H,3-11,16-17H2,1-2H3/t23?,28-/m0/s1. The summed E-state index contributed by atoms with van der Waals surface area (Å²) in [5.41, 5.74) is 4.26. The number of halogens is 3. The minimum absolute atomic E-state index is 0.0657. The molecule has 1 aromatic heterocycles. The lowest BCUT2D eigenvalue weighted by Crippen LogP contribution is -2.31. The smallest absolute Gasteiger partial charge is 0.388 e. The van der Waals surface area contributed by atoms with Crippen LogP contribution in [0.1, 0.15) is 141 Å². The molecule has 2 N–H and O–H groups in total. The number of hydrogen-bond acceptors (Lipinski definition) is 3. The van der Waals surface area contributed by atoms with E-state index in [9.17, 15) is 23.4 Å². The fourth-order valence-corrected chi connectivity index (χ4v) is 7.01. The van der Waals surface area contributed by atoms with Crippen LogP contribution in [-0.4, -0.2) is 15.2 Å². The highest BCUT2D eigenvalue weighted by Crippen LogP contribution is 2.51. The molecule has 5 rings (SSSR count). The summed E-state index contributed by atoms with van der Waals surface area (Å²) in [5.74, 6) is 0.463. The Morgan fingerprint density at radius 3 is 2.08 bits per heavy atom. The third-order valence-corrected chi connectivity index (χ3v) is 8.73. The van der Waals surface area contributed by atoms with Gasteiger partial charge >= 0.3 is 6.18 Å². The van der Waals surface area contributed by atoms with Crippen molar-refractivity contribution < 1.29 is 23.4 Å². The first-order valence-electron chi connectivity index (χ1n) is 13.6. The molecule has 0 saturated heterocycles. The molecule has 36 heavy (non-hydrogen) atoms. The van der Waals surface area contributed by atoms with E-state index in [1.165, 1.54) is 18.6 Å². The van der Waals surface area contributed by atoms with Gasteiger partial charge in [-0.15, -0.1) is 0 Å². The number of pyridine rings is 1. The maximum atomic E-state index is 13.2. The molecule has 2 saturated carbocycles. The lowest BCUT2D eigenvalue weighted by atomic mass is 9.69. The first kappa shape index (κ1) is 25.7. The molecule has 3 aliphatic rings. The quantitative estimate of drug-likeness (QED) is 0.448. The van der Waals surface area contributed by atoms with Crippen LogP contribution in [0.4, 0.5) is 13.2 Å². The summed E-state index contributed by atoms with van der Waals surface area (Å²) >= 11 is 0. The van der Waals surface area contributed by atoms with Crippen molar-refractivity contribution in [2.75, 3.05) is 0 Å². The van der Waals surface area contributed by atoms with Crippen molar-refractivity contribution >= 4 is 0 Å². The van der Waals surface area contributed by atoms with E-state index in [4.69, 9.17) is 4.98 Å². The fraction of sp³-hybridized carbons (Fsp3) is 0.633. The number of alkyl halides is 3. The number of aliphatic hydroxyl groups excluding tert-OH is 2. The summed E-state index contributed by atoms with van der Waals surface area (Å²) < 4.78 is 39.6. The lowest BCUT2D eigenvalue weighted by molar-refractivity contribution is -0.137. The number of rotatable bonds is 4. The second-order valence-electron chi connectivity index (χ2n) is 12.1. The molecule has 2 atom stereocenters. The van der Waals surface area contributed by atoms with Crippen LogP contribution in [-0.2, 0) is 12.6 Å². The Bertz CT molecular complexity index is 1080. The minimum atomic E-state index is -4.42. The summed E-state index contributed by atoms with van der Waals surface area (Å²) in [5, 5.41) is 23.2. The van der Waals surface area contributed by atoms with Crippen molar-refractivity contribution in [1.29, 1.82) is 0 Å². The van der Waals surface area contributed by atoms with E-state index in [0.29, 0.717) is 12.0 Å². The van der Waals surface area contributed by atoms with Gasteiger partial charge in [-0.05, 0) is 73.1 Å². The highest BCUT2D eigenvalue weighted by Gasteiger charge is 2.40. The molecule has 6 heteroatoms. The number of benzene rings is 1. The molecular weight excluding hydrogens is 463 g/mol. The van der Waals surface area contributed by atoms with Gasteiger partial charge in [0.1, 0.15) is 6.10 Å². The minimum Gasteiger partial charge on any atom is -0.388 e. The molecule has 0 spiro atoms. The van der Waals surface area contributed by atoms with Gasteiger partial charge in [0, 0.05) is 22.7 Å². The van der Waals surface area contributed by atoms with E-state index >= 15 is 0 Å². The predicted molar refractivity (Wildman–Crippen MR) is 134 cm³/mol. The lowest BCUT2D eigenvalue weighted by Gasteiger charge is -2.39. The topological polar surface area (TPSA) is 53.4 Å². The van der Waals surface area contributed by atoms with Crippen molar-refractivity contribution in [3.05, 3.63) is 63.5 Å². The van der Waals surface area contributed by atoms with Crippen LogP contribution in [0.25, 0.3) is 0 Å². The molecule has 0 aliphatic heterocycles. The summed E-state index contributed by atoms with van der Waals surface area (Å²) in [4.78, 5) is 5.20. The molecule has 196 valence electrons. The summed E-state index contributed by atoms with van der Waals surface area (Å²) in [6.45, 7) is 4.34. The zero-order valence-electron chi connectivity index (χ0n) is 21.4. The van der Waals surface area contributed by atoms with Crippen molar-refractivity contribution in [3.8, 4) is 0 Å². The second kappa shape index (κ2) is 9.75. The highest BCUT2D eigenvalue weighted by atomic mass is 19.4. The molecule has 1 aromatic carbocycles. The van der Waals surface area contributed by atoms with E-state index < -0.39 is 23.9 Å². The molecule has 0 radical (unpaired) electrons. The van der Waals surface area contributed by atoms with Gasteiger partial charge in [-0.1, -0.05) is 58.1 Å². The Morgan fingerprint density at radius 1 is 0.889 bits per heavy atom. The Labute approximate surface area is 212 Å². The van der Waals surface area contributed by atoms with E-state index in [-0.39, 0.29) is 17.3 Å². The zero-order chi connectivity index (χ0) is 25.7. The maximum Gasteiger partial charge on any atom is 0.416 e. The maximum absolute atomic E-state index is 13.2. The molecule has 0 amide bonds. The molecular formula is C30H38F3NO2. The summed E-state index contributed by atoms with van der Waals surface area (Å²) in [6, 6.07) is 4.90. The number of aliphatic hydroxyl groups is 2. The Kier molecular flexibility index (Phi) is 6.97. The number of fused-ring (bicyclic) bond motifs is 1. The Morgan fingerprint density at radius 2 is 1.47 bits per heavy atom. The van der Waals surface area contributed by atoms with E-state index in [0.717, 1.165) is 98.0 Å². The molecule has 2 aromatic rings. The van der Waals surface area contributed by atoms with Crippen LogP contribution < -0.4 is 0 Å². The molecule has 3 nitrogen and oxygen atoms in total. The van der Waals surface area contributed by atoms with Gasteiger partial charge in [-0.25, -0.2) is 0 Å². The summed E-state index contributed by atoms with van der Waals surface area (Å²) in [6.07, 6.45) is 4.95. The van der Waals surface area contributed by atoms with Crippen molar-refractivity contribution in [1.82, 2.24) is 4.98 Å². The fourth-order valence-electron chi connectivity index (χ4n) is 7.01. The number of nitrogens with zero attached hydrogens (tertiary/aromatic N) is 1. The molecule has 1 heterocycles. The van der Waals surface area contributed by atoms with Crippen LogP contribution in [0.2, 0.25) is 0 Å². The van der Waals surface area contributed by atoms with Crippen LogP contribution in [0.3, 0.4) is 0 Å². The van der Waals surface area contributed by atoms with E-state index in [1.807, 2.05) is 0 Å². The SMILES string of the molecule is CC1(C)Cc2nc(C3CCCC3)c([C@@H](O)c3ccc(C(F)(F)F)cc3)c(C3CCCCC3)c2C(O)C1. The van der Waals surface area contributed by atoms with Crippen LogP contribution in [0.15, 0.2) is 24.3 Å². The van der Waals surface area contributed by atoms with Gasteiger partial charge in [0.05, 0.1) is 17.4 Å². The number of aromatic nitrogens is 1. The van der Waals surface area contributed by atoms with Crippen molar-refractivity contribution in [2.24, 2.45) is 5.41 Å².